The van der Waals surface area contributed by atoms with Crippen LogP contribution in [0.15, 0.2) is 42.5 Å². The second kappa shape index (κ2) is 6.58. The van der Waals surface area contributed by atoms with Gasteiger partial charge < -0.3 is 0 Å². The van der Waals surface area contributed by atoms with Crippen molar-refractivity contribution in [2.75, 3.05) is 7.05 Å². The number of nitrogens with one attached hydrogen (secondary N) is 1. The van der Waals surface area contributed by atoms with Crippen LogP contribution in [-0.2, 0) is 28.6 Å². The van der Waals surface area contributed by atoms with Gasteiger partial charge in [-0.15, -0.1) is 0 Å². The highest BCUT2D eigenvalue weighted by Gasteiger charge is 2.41. The molecule has 7 heteroatoms. The van der Waals surface area contributed by atoms with Crippen molar-refractivity contribution in [3.8, 4) is 0 Å². The summed E-state index contributed by atoms with van der Waals surface area (Å²) in [5, 5.41) is 0. The zero-order valence-electron chi connectivity index (χ0n) is 14.9. The topological polar surface area (TPSA) is 83.6 Å². The van der Waals surface area contributed by atoms with Crippen LogP contribution in [0.3, 0.4) is 0 Å². The molecule has 1 aliphatic carbocycles. The Bertz CT molecular complexity index is 1010. The predicted molar refractivity (Wildman–Crippen MR) is 101 cm³/mol. The van der Waals surface area contributed by atoms with Gasteiger partial charge in [-0.3, -0.25) is 14.5 Å². The van der Waals surface area contributed by atoms with E-state index in [4.69, 9.17) is 0 Å². The number of nitrogens with zero attached hydrogens (tertiary/aromatic N) is 1. The Morgan fingerprint density at radius 3 is 2.33 bits per heavy atom. The van der Waals surface area contributed by atoms with E-state index in [1.165, 1.54) is 11.9 Å². The zero-order chi connectivity index (χ0) is 19.2. The van der Waals surface area contributed by atoms with Gasteiger partial charge in [0.1, 0.15) is 0 Å². The van der Waals surface area contributed by atoms with Crippen LogP contribution in [-0.4, -0.2) is 38.2 Å². The summed E-state index contributed by atoms with van der Waals surface area (Å²) < 4.78 is 26.4. The van der Waals surface area contributed by atoms with Gasteiger partial charge in [0.05, 0.1) is 16.9 Å². The van der Waals surface area contributed by atoms with Crippen LogP contribution < -0.4 is 4.72 Å². The van der Waals surface area contributed by atoms with E-state index in [1.54, 1.807) is 30.3 Å². The Hall–Kier alpha value is -2.51. The van der Waals surface area contributed by atoms with E-state index in [9.17, 15) is 18.0 Å². The molecule has 0 bridgehead atoms. The molecule has 1 atom stereocenters. The van der Waals surface area contributed by atoms with E-state index < -0.39 is 10.0 Å². The third-order valence-electron chi connectivity index (χ3n) is 5.40. The Balaban J connectivity index is 1.66. The lowest BCUT2D eigenvalue weighted by Gasteiger charge is -2.32. The van der Waals surface area contributed by atoms with Gasteiger partial charge in [-0.25, -0.2) is 13.1 Å². The SMILES string of the molecule is CNS(=O)(=O)Cc1cccc2c1CC(N1C(=O)c3ccccc3C1=O)CC2. The van der Waals surface area contributed by atoms with Gasteiger partial charge >= 0.3 is 0 Å². The van der Waals surface area contributed by atoms with Gasteiger partial charge in [0.15, 0.2) is 0 Å². The van der Waals surface area contributed by atoms with Crippen LogP contribution in [0.2, 0.25) is 0 Å². The molecule has 2 aromatic carbocycles. The first-order chi connectivity index (χ1) is 12.9. The van der Waals surface area contributed by atoms with E-state index in [0.717, 1.165) is 16.7 Å². The number of aryl methyl sites for hydroxylation is 1. The Kier molecular flexibility index (Phi) is 4.36. The van der Waals surface area contributed by atoms with Crippen molar-refractivity contribution in [1.29, 1.82) is 0 Å². The normalized spacial score (nSPS) is 19.1. The monoisotopic (exact) mass is 384 g/mol. The lowest BCUT2D eigenvalue weighted by Crippen LogP contribution is -2.43. The summed E-state index contributed by atoms with van der Waals surface area (Å²) in [5.74, 6) is -0.629. The second-order valence-electron chi connectivity index (χ2n) is 6.94. The first kappa shape index (κ1) is 17.9. The predicted octanol–water partition coefficient (Wildman–Crippen LogP) is 1.89. The summed E-state index contributed by atoms with van der Waals surface area (Å²) >= 11 is 0. The first-order valence-corrected chi connectivity index (χ1v) is 10.5. The van der Waals surface area contributed by atoms with Crippen LogP contribution in [0.1, 0.15) is 43.8 Å². The van der Waals surface area contributed by atoms with Crippen LogP contribution in [0.25, 0.3) is 0 Å². The molecule has 0 spiro atoms. The van der Waals surface area contributed by atoms with E-state index in [-0.39, 0.29) is 23.6 Å². The fourth-order valence-corrected chi connectivity index (χ4v) is 4.84. The minimum absolute atomic E-state index is 0.110. The number of amides is 2. The van der Waals surface area contributed by atoms with E-state index >= 15 is 0 Å². The number of hydrogen-bond acceptors (Lipinski definition) is 4. The number of imide groups is 1. The van der Waals surface area contributed by atoms with E-state index in [1.807, 2.05) is 12.1 Å². The molecule has 0 saturated heterocycles. The molecular formula is C20H20N2O4S. The maximum atomic E-state index is 12.8. The van der Waals surface area contributed by atoms with E-state index in [0.29, 0.717) is 30.4 Å². The molecule has 2 aromatic rings. The summed E-state index contributed by atoms with van der Waals surface area (Å²) in [7, 11) is -2.01. The van der Waals surface area contributed by atoms with Crippen molar-refractivity contribution in [2.24, 2.45) is 0 Å². The quantitative estimate of drug-likeness (QED) is 0.816. The maximum Gasteiger partial charge on any atom is 0.261 e. The van der Waals surface area contributed by atoms with Crippen molar-refractivity contribution in [2.45, 2.75) is 31.1 Å². The molecule has 6 nitrogen and oxygen atoms in total. The highest BCUT2D eigenvalue weighted by atomic mass is 32.2. The first-order valence-electron chi connectivity index (χ1n) is 8.89. The molecule has 0 saturated carbocycles. The second-order valence-corrected chi connectivity index (χ2v) is 8.87. The maximum absolute atomic E-state index is 12.8. The van der Waals surface area contributed by atoms with E-state index in [2.05, 4.69) is 4.72 Å². The third-order valence-corrected chi connectivity index (χ3v) is 6.72. The van der Waals surface area contributed by atoms with Crippen LogP contribution >= 0.6 is 0 Å². The number of carbonyl (C=O) groups excluding carboxylic acids is 2. The van der Waals surface area contributed by atoms with Crippen LogP contribution in [0.5, 0.6) is 0 Å². The molecular weight excluding hydrogens is 364 g/mol. The third kappa shape index (κ3) is 3.07. The van der Waals surface area contributed by atoms with Gasteiger partial charge in [0.2, 0.25) is 10.0 Å². The number of fused-ring (bicyclic) bond motifs is 2. The summed E-state index contributed by atoms with van der Waals surface area (Å²) in [6.07, 6.45) is 1.87. The zero-order valence-corrected chi connectivity index (χ0v) is 15.8. The highest BCUT2D eigenvalue weighted by molar-refractivity contribution is 7.88. The molecule has 2 amide bonds. The van der Waals surface area contributed by atoms with Gasteiger partial charge in [0, 0.05) is 6.04 Å². The molecule has 0 aromatic heterocycles. The molecule has 4 rings (SSSR count). The van der Waals surface area contributed by atoms with Crippen LogP contribution in [0.4, 0.5) is 0 Å². The van der Waals surface area contributed by atoms with Gasteiger partial charge in [-0.2, -0.15) is 0 Å². The minimum atomic E-state index is -3.41. The Morgan fingerprint density at radius 1 is 1.04 bits per heavy atom. The fourth-order valence-electron chi connectivity index (χ4n) is 4.02. The molecule has 1 unspecified atom stereocenters. The summed E-state index contributed by atoms with van der Waals surface area (Å²) in [6, 6.07) is 12.3. The largest absolute Gasteiger partial charge is 0.271 e. The summed E-state index contributed by atoms with van der Waals surface area (Å²) in [4.78, 5) is 26.9. The van der Waals surface area contributed by atoms with Crippen LogP contribution in [0, 0.1) is 0 Å². The molecule has 0 fully saturated rings. The van der Waals surface area contributed by atoms with Crippen molar-refractivity contribution in [3.05, 3.63) is 70.3 Å². The lowest BCUT2D eigenvalue weighted by molar-refractivity contribution is 0.0571. The smallest absolute Gasteiger partial charge is 0.261 e. The number of sulfonamides is 1. The molecule has 140 valence electrons. The summed E-state index contributed by atoms with van der Waals surface area (Å²) in [5.41, 5.74) is 3.64. The van der Waals surface area contributed by atoms with Gasteiger partial charge in [-0.05, 0) is 55.1 Å². The molecule has 0 radical (unpaired) electrons. The van der Waals surface area contributed by atoms with Crippen molar-refractivity contribution >= 4 is 21.8 Å². The lowest BCUT2D eigenvalue weighted by atomic mass is 9.85. The molecule has 1 N–H and O–H groups in total. The average Bonchev–Trinajstić information content (AvgIpc) is 2.93. The van der Waals surface area contributed by atoms with Gasteiger partial charge in [0.25, 0.3) is 11.8 Å². The van der Waals surface area contributed by atoms with Crippen molar-refractivity contribution in [3.63, 3.8) is 0 Å². The number of rotatable bonds is 4. The minimum Gasteiger partial charge on any atom is -0.271 e. The summed E-state index contributed by atoms with van der Waals surface area (Å²) in [6.45, 7) is 0. The Labute approximate surface area is 158 Å². The number of benzene rings is 2. The van der Waals surface area contributed by atoms with Crippen molar-refractivity contribution < 1.29 is 18.0 Å². The highest BCUT2D eigenvalue weighted by Crippen LogP contribution is 2.32. The number of hydrogen-bond donors (Lipinski definition) is 1. The average molecular weight is 384 g/mol. The Morgan fingerprint density at radius 2 is 1.70 bits per heavy atom. The molecule has 27 heavy (non-hydrogen) atoms. The number of carbonyl (C=O) groups is 2. The van der Waals surface area contributed by atoms with Gasteiger partial charge in [-0.1, -0.05) is 30.3 Å². The standard InChI is InChI=1S/C20H20N2O4S/c1-21-27(25,26)12-14-6-4-5-13-9-10-15(11-18(13)14)22-19(23)16-7-2-3-8-17(16)20(22)24/h2-8,15,21H,9-12H2,1H3. The molecule has 2 aliphatic rings. The fraction of sp³-hybridized carbons (Fsp3) is 0.300. The van der Waals surface area contributed by atoms with Crippen molar-refractivity contribution in [1.82, 2.24) is 9.62 Å². The molecule has 1 heterocycles. The molecule has 1 aliphatic heterocycles.